The normalized spacial score (nSPS) is 47.9. The van der Waals surface area contributed by atoms with Crippen LogP contribution in [-0.2, 0) is 14.3 Å². The lowest BCUT2D eigenvalue weighted by Crippen LogP contribution is -2.64. The zero-order chi connectivity index (χ0) is 19.6. The zero-order valence-corrected chi connectivity index (χ0v) is 17.4. The summed E-state index contributed by atoms with van der Waals surface area (Å²) < 4.78 is 6.53. The van der Waals surface area contributed by atoms with Crippen LogP contribution in [0.1, 0.15) is 65.2 Å². The molecule has 0 aromatic rings. The van der Waals surface area contributed by atoms with Crippen molar-refractivity contribution in [2.24, 2.45) is 47.3 Å². The minimum absolute atomic E-state index is 0.0308. The lowest BCUT2D eigenvalue weighted by atomic mass is 9.46. The molecule has 28 heavy (non-hydrogen) atoms. The molecule has 4 heteroatoms. The van der Waals surface area contributed by atoms with Gasteiger partial charge in [0.2, 0.25) is 5.91 Å². The summed E-state index contributed by atoms with van der Waals surface area (Å²) in [5.74, 6) is 5.24. The molecule has 0 aromatic carbocycles. The minimum Gasteiger partial charge on any atom is -0.457 e. The van der Waals surface area contributed by atoms with Crippen molar-refractivity contribution >= 4 is 11.9 Å². The first-order chi connectivity index (χ1) is 13.4. The Bertz CT molecular complexity index is 668. The van der Waals surface area contributed by atoms with Crippen LogP contribution in [0.3, 0.4) is 0 Å². The van der Waals surface area contributed by atoms with E-state index in [1.54, 1.807) is 6.92 Å². The van der Waals surface area contributed by atoms with Gasteiger partial charge >= 0.3 is 5.97 Å². The Morgan fingerprint density at radius 2 is 1.61 bits per heavy atom. The molecular weight excluding hydrogens is 350 g/mol. The second-order valence-corrected chi connectivity index (χ2v) is 10.9. The van der Waals surface area contributed by atoms with E-state index in [0.29, 0.717) is 23.3 Å². The van der Waals surface area contributed by atoms with Crippen molar-refractivity contribution in [3.05, 3.63) is 12.2 Å². The van der Waals surface area contributed by atoms with Crippen LogP contribution in [-0.4, -0.2) is 24.0 Å². The monoisotopic (exact) mass is 385 g/mol. The minimum atomic E-state index is -0.259. The highest BCUT2D eigenvalue weighted by Gasteiger charge is 2.66. The Kier molecular flexibility index (Phi) is 4.41. The average molecular weight is 386 g/mol. The first-order valence-electron chi connectivity index (χ1n) is 11.5. The molecule has 4 nitrogen and oxygen atoms in total. The van der Waals surface area contributed by atoms with Gasteiger partial charge in [-0.25, -0.2) is 0 Å². The molecule has 4 atom stereocenters. The molecule has 0 aromatic heterocycles. The topological polar surface area (TPSA) is 55.4 Å². The standard InChI is InChI=1S/C24H35NO3/c1-13(2)23(27)25-12-22(26)28-24(21-11-17-10-18(21)4-14(17)3)19-6-15-5-16(8-19)9-20(24)7-15/h14-21H,1,4-12H2,2-3H3,(H,25,27). The Morgan fingerprint density at radius 1 is 0.964 bits per heavy atom. The number of hydrogen-bond donors (Lipinski definition) is 1. The Morgan fingerprint density at radius 3 is 2.11 bits per heavy atom. The van der Waals surface area contributed by atoms with E-state index < -0.39 is 0 Å². The first kappa shape index (κ1) is 18.7. The Balaban J connectivity index is 1.39. The maximum Gasteiger partial charge on any atom is 0.326 e. The van der Waals surface area contributed by atoms with Gasteiger partial charge in [-0.1, -0.05) is 13.5 Å². The van der Waals surface area contributed by atoms with Crippen LogP contribution in [0.25, 0.3) is 0 Å². The van der Waals surface area contributed by atoms with E-state index in [1.807, 2.05) is 0 Å². The number of esters is 1. The quantitative estimate of drug-likeness (QED) is 0.573. The molecule has 6 saturated carbocycles. The fourth-order valence-corrected chi connectivity index (χ4v) is 8.42. The second kappa shape index (κ2) is 6.60. The highest BCUT2D eigenvalue weighted by Crippen LogP contribution is 2.67. The third kappa shape index (κ3) is 2.77. The van der Waals surface area contributed by atoms with Crippen molar-refractivity contribution in [1.29, 1.82) is 0 Å². The summed E-state index contributed by atoms with van der Waals surface area (Å²) >= 11 is 0. The number of fused-ring (bicyclic) bond motifs is 2. The van der Waals surface area contributed by atoms with Crippen molar-refractivity contribution in [3.63, 3.8) is 0 Å². The maximum absolute atomic E-state index is 12.9. The van der Waals surface area contributed by atoms with Gasteiger partial charge in [-0.2, -0.15) is 0 Å². The van der Waals surface area contributed by atoms with E-state index in [4.69, 9.17) is 4.74 Å². The first-order valence-corrected chi connectivity index (χ1v) is 11.5. The van der Waals surface area contributed by atoms with E-state index in [1.165, 1.54) is 51.4 Å². The van der Waals surface area contributed by atoms with Gasteiger partial charge in [-0.15, -0.1) is 0 Å². The van der Waals surface area contributed by atoms with Gasteiger partial charge in [0.05, 0.1) is 0 Å². The summed E-state index contributed by atoms with van der Waals surface area (Å²) in [6.45, 7) is 7.69. The van der Waals surface area contributed by atoms with E-state index >= 15 is 0 Å². The molecule has 1 amide bonds. The van der Waals surface area contributed by atoms with Crippen LogP contribution in [0.4, 0.5) is 0 Å². The molecule has 6 rings (SSSR count). The molecule has 154 valence electrons. The van der Waals surface area contributed by atoms with Crippen LogP contribution >= 0.6 is 0 Å². The summed E-state index contributed by atoms with van der Waals surface area (Å²) in [6.07, 6.45) is 10.3. The molecule has 6 bridgehead atoms. The zero-order valence-electron chi connectivity index (χ0n) is 17.4. The summed E-state index contributed by atoms with van der Waals surface area (Å²) in [6, 6.07) is 0. The molecule has 6 aliphatic carbocycles. The lowest BCUT2D eigenvalue weighted by Gasteiger charge is -2.63. The number of carbonyl (C=O) groups excluding carboxylic acids is 2. The van der Waals surface area contributed by atoms with Crippen LogP contribution in [0, 0.1) is 47.3 Å². The Labute approximate surface area is 168 Å². The number of nitrogens with one attached hydrogen (secondary N) is 1. The van der Waals surface area contributed by atoms with Crippen molar-refractivity contribution in [3.8, 4) is 0 Å². The van der Waals surface area contributed by atoms with Crippen LogP contribution < -0.4 is 5.32 Å². The number of hydrogen-bond acceptors (Lipinski definition) is 3. The fourth-order valence-electron chi connectivity index (χ4n) is 8.42. The van der Waals surface area contributed by atoms with E-state index in [9.17, 15) is 9.59 Å². The summed E-state index contributed by atoms with van der Waals surface area (Å²) in [5, 5.41) is 2.69. The Hall–Kier alpha value is -1.32. The number of amides is 1. The van der Waals surface area contributed by atoms with E-state index in [0.717, 1.165) is 29.6 Å². The van der Waals surface area contributed by atoms with Crippen LogP contribution in [0.5, 0.6) is 0 Å². The van der Waals surface area contributed by atoms with E-state index in [-0.39, 0.29) is 24.0 Å². The molecule has 1 N–H and O–H groups in total. The third-order valence-corrected chi connectivity index (χ3v) is 9.28. The molecular formula is C24H35NO3. The number of rotatable bonds is 5. The lowest BCUT2D eigenvalue weighted by molar-refractivity contribution is -0.234. The van der Waals surface area contributed by atoms with Crippen molar-refractivity contribution in [1.82, 2.24) is 5.32 Å². The maximum atomic E-state index is 12.9. The molecule has 0 spiro atoms. The fraction of sp³-hybridized carbons (Fsp3) is 0.833. The molecule has 0 radical (unpaired) electrons. The van der Waals surface area contributed by atoms with Crippen LogP contribution in [0.15, 0.2) is 12.2 Å². The predicted octanol–water partition coefficient (Wildman–Crippen LogP) is 4.10. The van der Waals surface area contributed by atoms with Crippen molar-refractivity contribution in [2.45, 2.75) is 70.8 Å². The van der Waals surface area contributed by atoms with Gasteiger partial charge in [0.1, 0.15) is 12.1 Å². The largest absolute Gasteiger partial charge is 0.457 e. The van der Waals surface area contributed by atoms with Crippen molar-refractivity contribution < 1.29 is 14.3 Å². The highest BCUT2D eigenvalue weighted by molar-refractivity contribution is 5.94. The smallest absolute Gasteiger partial charge is 0.326 e. The van der Waals surface area contributed by atoms with Crippen LogP contribution in [0.2, 0.25) is 0 Å². The van der Waals surface area contributed by atoms with Gasteiger partial charge in [0.25, 0.3) is 0 Å². The second-order valence-electron chi connectivity index (χ2n) is 10.9. The van der Waals surface area contributed by atoms with Crippen molar-refractivity contribution in [2.75, 3.05) is 6.54 Å². The number of ether oxygens (including phenoxy) is 1. The summed E-state index contributed by atoms with van der Waals surface area (Å²) in [4.78, 5) is 24.8. The molecule has 6 aliphatic rings. The summed E-state index contributed by atoms with van der Waals surface area (Å²) in [5.41, 5.74) is 0.178. The predicted molar refractivity (Wildman–Crippen MR) is 107 cm³/mol. The molecule has 0 saturated heterocycles. The van der Waals surface area contributed by atoms with E-state index in [2.05, 4.69) is 18.8 Å². The molecule has 0 heterocycles. The highest BCUT2D eigenvalue weighted by atomic mass is 16.6. The average Bonchev–Trinajstić information content (AvgIpc) is 3.21. The van der Waals surface area contributed by atoms with Gasteiger partial charge in [0.15, 0.2) is 0 Å². The molecule has 0 aliphatic heterocycles. The van der Waals surface area contributed by atoms with Gasteiger partial charge in [-0.3, -0.25) is 9.59 Å². The van der Waals surface area contributed by atoms with Gasteiger partial charge in [0, 0.05) is 11.5 Å². The third-order valence-electron chi connectivity index (χ3n) is 9.28. The number of carbonyl (C=O) groups is 2. The SMILES string of the molecule is C=C(C)C(=O)NCC(=O)OC1(C2CC3CC2CC3C)C2CC3CC(C2)CC1C3. The van der Waals surface area contributed by atoms with Gasteiger partial charge < -0.3 is 10.1 Å². The molecule has 6 fully saturated rings. The summed E-state index contributed by atoms with van der Waals surface area (Å²) in [7, 11) is 0. The molecule has 4 unspecified atom stereocenters. The van der Waals surface area contributed by atoms with Gasteiger partial charge in [-0.05, 0) is 99.7 Å².